The van der Waals surface area contributed by atoms with Gasteiger partial charge in [0, 0.05) is 26.2 Å². The molecule has 2 rings (SSSR count). The SMILES string of the molecule is COc1cc(C=CC(=O)N(C)CC(=O)N2CCCC2)c([N+](=O)[O-])cc1OC(F)F. The average Bonchev–Trinajstić information content (AvgIpc) is 3.20. The summed E-state index contributed by atoms with van der Waals surface area (Å²) in [4.78, 5) is 37.7. The number of methoxy groups -OCH3 is 1. The van der Waals surface area contributed by atoms with Crippen LogP contribution in [-0.4, -0.2) is 66.9 Å². The number of nitrogens with zero attached hydrogens (tertiary/aromatic N) is 3. The second kappa shape index (κ2) is 9.80. The van der Waals surface area contributed by atoms with Crippen LogP contribution in [0.2, 0.25) is 0 Å². The van der Waals surface area contributed by atoms with E-state index in [0.717, 1.165) is 37.1 Å². The Balaban J connectivity index is 2.17. The number of nitro groups is 1. The summed E-state index contributed by atoms with van der Waals surface area (Å²) in [5, 5.41) is 11.3. The lowest BCUT2D eigenvalue weighted by Crippen LogP contribution is -2.39. The Morgan fingerprint density at radius 1 is 1.31 bits per heavy atom. The highest BCUT2D eigenvalue weighted by molar-refractivity contribution is 5.94. The number of ether oxygens (including phenoxy) is 2. The molecule has 0 N–H and O–H groups in total. The van der Waals surface area contributed by atoms with Gasteiger partial charge in [0.1, 0.15) is 0 Å². The third-order valence-corrected chi connectivity index (χ3v) is 4.34. The van der Waals surface area contributed by atoms with Gasteiger partial charge in [0.25, 0.3) is 5.69 Å². The minimum Gasteiger partial charge on any atom is -0.493 e. The van der Waals surface area contributed by atoms with Crippen LogP contribution in [0.15, 0.2) is 18.2 Å². The van der Waals surface area contributed by atoms with Crippen LogP contribution in [0.25, 0.3) is 6.08 Å². The summed E-state index contributed by atoms with van der Waals surface area (Å²) in [6.07, 6.45) is 4.08. The van der Waals surface area contributed by atoms with Crippen molar-refractivity contribution >= 4 is 23.6 Å². The van der Waals surface area contributed by atoms with Gasteiger partial charge >= 0.3 is 6.61 Å². The molecule has 11 heteroatoms. The third-order valence-electron chi connectivity index (χ3n) is 4.34. The molecule has 9 nitrogen and oxygen atoms in total. The quantitative estimate of drug-likeness (QED) is 0.368. The van der Waals surface area contributed by atoms with Gasteiger partial charge in [-0.15, -0.1) is 0 Å². The molecular weight excluding hydrogens is 392 g/mol. The number of carbonyl (C=O) groups is 2. The monoisotopic (exact) mass is 413 g/mol. The fourth-order valence-corrected chi connectivity index (χ4v) is 2.84. The molecule has 0 unspecified atom stereocenters. The predicted octanol–water partition coefficient (Wildman–Crippen LogP) is 2.30. The van der Waals surface area contributed by atoms with Crippen molar-refractivity contribution in [1.29, 1.82) is 0 Å². The zero-order valence-electron chi connectivity index (χ0n) is 16.0. The Hall–Kier alpha value is -3.24. The van der Waals surface area contributed by atoms with Gasteiger partial charge in [-0.2, -0.15) is 8.78 Å². The maximum Gasteiger partial charge on any atom is 0.387 e. The largest absolute Gasteiger partial charge is 0.493 e. The molecule has 1 saturated heterocycles. The first-order valence-electron chi connectivity index (χ1n) is 8.75. The van der Waals surface area contributed by atoms with Crippen molar-refractivity contribution in [3.63, 3.8) is 0 Å². The van der Waals surface area contributed by atoms with E-state index in [1.54, 1.807) is 4.90 Å². The van der Waals surface area contributed by atoms with Gasteiger partial charge in [-0.3, -0.25) is 19.7 Å². The van der Waals surface area contributed by atoms with E-state index >= 15 is 0 Å². The van der Waals surface area contributed by atoms with E-state index < -0.39 is 28.9 Å². The highest BCUT2D eigenvalue weighted by atomic mass is 19.3. The number of benzene rings is 1. The van der Waals surface area contributed by atoms with Crippen LogP contribution in [0.5, 0.6) is 11.5 Å². The molecule has 0 aliphatic carbocycles. The second-order valence-electron chi connectivity index (χ2n) is 6.31. The average molecular weight is 413 g/mol. The summed E-state index contributed by atoms with van der Waals surface area (Å²) >= 11 is 0. The molecule has 0 bridgehead atoms. The lowest BCUT2D eigenvalue weighted by atomic mass is 10.1. The summed E-state index contributed by atoms with van der Waals surface area (Å²) in [6, 6.07) is 1.92. The van der Waals surface area contributed by atoms with Crippen LogP contribution >= 0.6 is 0 Å². The van der Waals surface area contributed by atoms with Crippen molar-refractivity contribution < 1.29 is 32.8 Å². The van der Waals surface area contributed by atoms with Crippen molar-refractivity contribution in [3.05, 3.63) is 33.9 Å². The van der Waals surface area contributed by atoms with Gasteiger partial charge in [0.05, 0.1) is 30.2 Å². The molecule has 158 valence electrons. The van der Waals surface area contributed by atoms with E-state index in [1.165, 1.54) is 19.1 Å². The fraction of sp³-hybridized carbons (Fsp3) is 0.444. The fourth-order valence-electron chi connectivity index (χ4n) is 2.84. The molecule has 1 fully saturated rings. The summed E-state index contributed by atoms with van der Waals surface area (Å²) < 4.78 is 34.1. The van der Waals surface area contributed by atoms with Crippen LogP contribution in [0, 0.1) is 10.1 Å². The minimum atomic E-state index is -3.19. The summed E-state index contributed by atoms with van der Waals surface area (Å²) in [5.41, 5.74) is -0.581. The zero-order valence-corrected chi connectivity index (χ0v) is 16.0. The minimum absolute atomic E-state index is 0.0407. The molecule has 0 aromatic heterocycles. The summed E-state index contributed by atoms with van der Waals surface area (Å²) in [5.74, 6) is -1.36. The van der Waals surface area contributed by atoms with Crippen molar-refractivity contribution in [2.75, 3.05) is 33.8 Å². The number of likely N-dealkylation sites (N-methyl/N-ethyl adjacent to an activating group) is 1. The molecule has 2 amide bonds. The molecule has 1 heterocycles. The maximum absolute atomic E-state index is 12.5. The first-order valence-corrected chi connectivity index (χ1v) is 8.75. The van der Waals surface area contributed by atoms with Gasteiger partial charge in [-0.25, -0.2) is 0 Å². The third kappa shape index (κ3) is 5.87. The van der Waals surface area contributed by atoms with Gasteiger partial charge in [0.2, 0.25) is 11.8 Å². The van der Waals surface area contributed by atoms with Crippen LogP contribution < -0.4 is 9.47 Å². The van der Waals surface area contributed by atoms with Crippen molar-refractivity contribution in [2.45, 2.75) is 19.5 Å². The van der Waals surface area contributed by atoms with E-state index in [1.807, 2.05) is 0 Å². The van der Waals surface area contributed by atoms with Gasteiger partial charge < -0.3 is 19.3 Å². The molecule has 1 aromatic rings. The van der Waals surface area contributed by atoms with E-state index in [4.69, 9.17) is 4.74 Å². The van der Waals surface area contributed by atoms with Gasteiger partial charge in [0.15, 0.2) is 11.5 Å². The Morgan fingerprint density at radius 3 is 2.52 bits per heavy atom. The number of amides is 2. The molecule has 1 aromatic carbocycles. The number of carbonyl (C=O) groups excluding carboxylic acids is 2. The summed E-state index contributed by atoms with van der Waals surface area (Å²) in [7, 11) is 2.63. The summed E-state index contributed by atoms with van der Waals surface area (Å²) in [6.45, 7) is -1.98. The standard InChI is InChI=1S/C18H21F2N3O6/c1-21(11-17(25)22-7-3-4-8-22)16(24)6-5-12-9-14(28-2)15(29-18(19)20)10-13(12)23(26)27/h5-6,9-10,18H,3-4,7-8,11H2,1-2H3. The highest BCUT2D eigenvalue weighted by Gasteiger charge is 2.22. The number of rotatable bonds is 8. The molecule has 0 spiro atoms. The van der Waals surface area contributed by atoms with E-state index in [-0.39, 0.29) is 23.8 Å². The topological polar surface area (TPSA) is 102 Å². The number of nitro benzene ring substituents is 1. The lowest BCUT2D eigenvalue weighted by molar-refractivity contribution is -0.385. The highest BCUT2D eigenvalue weighted by Crippen LogP contribution is 2.36. The van der Waals surface area contributed by atoms with Gasteiger partial charge in [-0.1, -0.05) is 0 Å². The Labute approximate surface area is 165 Å². The lowest BCUT2D eigenvalue weighted by Gasteiger charge is -2.20. The normalized spacial score (nSPS) is 13.8. The molecule has 1 aliphatic rings. The first-order chi connectivity index (χ1) is 13.7. The van der Waals surface area contributed by atoms with E-state index in [2.05, 4.69) is 4.74 Å². The van der Waals surface area contributed by atoms with Crippen molar-refractivity contribution in [3.8, 4) is 11.5 Å². The maximum atomic E-state index is 12.5. The van der Waals surface area contributed by atoms with Crippen LogP contribution in [0.3, 0.4) is 0 Å². The van der Waals surface area contributed by atoms with E-state index in [9.17, 15) is 28.5 Å². The van der Waals surface area contributed by atoms with E-state index in [0.29, 0.717) is 13.1 Å². The molecule has 29 heavy (non-hydrogen) atoms. The number of hydrogen-bond acceptors (Lipinski definition) is 6. The first kappa shape index (κ1) is 22.1. The Morgan fingerprint density at radius 2 is 1.97 bits per heavy atom. The number of likely N-dealkylation sites (tertiary alicyclic amines) is 1. The number of alkyl halides is 2. The molecule has 0 atom stereocenters. The Bertz CT molecular complexity index is 809. The second-order valence-corrected chi connectivity index (χ2v) is 6.31. The predicted molar refractivity (Wildman–Crippen MR) is 98.8 cm³/mol. The molecule has 0 saturated carbocycles. The smallest absolute Gasteiger partial charge is 0.387 e. The van der Waals surface area contributed by atoms with Gasteiger partial charge in [-0.05, 0) is 25.0 Å². The van der Waals surface area contributed by atoms with Crippen molar-refractivity contribution in [2.24, 2.45) is 0 Å². The molecule has 1 aliphatic heterocycles. The molecule has 0 radical (unpaired) electrons. The zero-order chi connectivity index (χ0) is 21.6. The van der Waals surface area contributed by atoms with Crippen LogP contribution in [0.4, 0.5) is 14.5 Å². The number of halogens is 2. The van der Waals surface area contributed by atoms with Crippen molar-refractivity contribution in [1.82, 2.24) is 9.80 Å². The molecular formula is C18H21F2N3O6. The van der Waals surface area contributed by atoms with Crippen LogP contribution in [-0.2, 0) is 9.59 Å². The Kier molecular flexibility index (Phi) is 7.46. The van der Waals surface area contributed by atoms with Crippen LogP contribution in [0.1, 0.15) is 18.4 Å². The number of hydrogen-bond donors (Lipinski definition) is 0.